The van der Waals surface area contributed by atoms with Gasteiger partial charge in [-0.3, -0.25) is 19.6 Å². The van der Waals surface area contributed by atoms with Crippen LogP contribution in [0.5, 0.6) is 0 Å². The molecule has 0 radical (unpaired) electrons. The Kier molecular flexibility index (Phi) is 7.83. The molecule has 5 rings (SSSR count). The van der Waals surface area contributed by atoms with Gasteiger partial charge in [0.2, 0.25) is 11.8 Å². The second-order valence-electron chi connectivity index (χ2n) is 9.84. The first-order valence-electron chi connectivity index (χ1n) is 13.3. The van der Waals surface area contributed by atoms with E-state index in [4.69, 9.17) is 0 Å². The van der Waals surface area contributed by atoms with Gasteiger partial charge in [-0.2, -0.15) is 5.01 Å². The second kappa shape index (κ2) is 11.6. The van der Waals surface area contributed by atoms with Crippen molar-refractivity contribution in [1.82, 2.24) is 30.1 Å². The molecule has 3 heterocycles. The van der Waals surface area contributed by atoms with Crippen molar-refractivity contribution >= 4 is 17.8 Å². The zero-order chi connectivity index (χ0) is 26.5. The van der Waals surface area contributed by atoms with E-state index in [1.165, 1.54) is 0 Å². The molecule has 38 heavy (non-hydrogen) atoms. The van der Waals surface area contributed by atoms with Gasteiger partial charge in [0, 0.05) is 25.2 Å². The quantitative estimate of drug-likeness (QED) is 0.585. The molecular weight excluding hydrogens is 480 g/mol. The van der Waals surface area contributed by atoms with Crippen molar-refractivity contribution < 1.29 is 14.4 Å². The summed E-state index contributed by atoms with van der Waals surface area (Å²) < 4.78 is 0. The third kappa shape index (κ3) is 5.33. The van der Waals surface area contributed by atoms with Crippen LogP contribution in [0, 0.1) is 5.92 Å². The Morgan fingerprint density at radius 2 is 1.92 bits per heavy atom. The summed E-state index contributed by atoms with van der Waals surface area (Å²) in [6, 6.07) is 14.5. The minimum Gasteiger partial charge on any atom is -0.333 e. The van der Waals surface area contributed by atoms with Crippen LogP contribution in [0.3, 0.4) is 0 Å². The van der Waals surface area contributed by atoms with Crippen LogP contribution in [0.2, 0.25) is 0 Å². The summed E-state index contributed by atoms with van der Waals surface area (Å²) in [6.45, 7) is 3.56. The van der Waals surface area contributed by atoms with Gasteiger partial charge in [0.25, 0.3) is 0 Å². The molecule has 2 unspecified atom stereocenters. The zero-order valence-corrected chi connectivity index (χ0v) is 21.6. The van der Waals surface area contributed by atoms with Crippen LogP contribution in [-0.2, 0) is 22.7 Å². The van der Waals surface area contributed by atoms with Crippen LogP contribution in [0.4, 0.5) is 4.79 Å². The molecule has 9 nitrogen and oxygen atoms in total. The number of carbonyl (C=O) groups is 3. The molecule has 2 aliphatic heterocycles. The number of benzene rings is 1. The smallest absolute Gasteiger partial charge is 0.332 e. The third-order valence-corrected chi connectivity index (χ3v) is 7.26. The first-order chi connectivity index (χ1) is 18.6. The minimum absolute atomic E-state index is 0.0525. The molecule has 3 atom stereocenters. The fourth-order valence-electron chi connectivity index (χ4n) is 5.47. The summed E-state index contributed by atoms with van der Waals surface area (Å²) >= 11 is 0. The monoisotopic (exact) mass is 514 g/mol. The summed E-state index contributed by atoms with van der Waals surface area (Å²) in [6.07, 6.45) is 10.6. The molecule has 1 N–H and O–H groups in total. The number of hydrogen-bond acceptors (Lipinski definition) is 5. The van der Waals surface area contributed by atoms with Crippen molar-refractivity contribution in [3.63, 3.8) is 0 Å². The molecule has 0 saturated carbocycles. The number of nitrogens with zero attached hydrogens (tertiary/aromatic N) is 5. The largest absolute Gasteiger partial charge is 0.333 e. The number of urea groups is 1. The number of aromatic nitrogens is 1. The Bertz CT molecular complexity index is 1200. The molecule has 9 heteroatoms. The van der Waals surface area contributed by atoms with E-state index in [1.807, 2.05) is 84.8 Å². The van der Waals surface area contributed by atoms with E-state index in [9.17, 15) is 14.4 Å². The number of pyridine rings is 1. The highest BCUT2D eigenvalue weighted by atomic mass is 16.2. The van der Waals surface area contributed by atoms with Gasteiger partial charge in [-0.1, -0.05) is 67.6 Å². The lowest BCUT2D eigenvalue weighted by molar-refractivity contribution is -0.160. The summed E-state index contributed by atoms with van der Waals surface area (Å²) in [5.41, 5.74) is 1.78. The fourth-order valence-corrected chi connectivity index (χ4v) is 5.47. The standard InChI is InChI=1S/C29H34N6O3/c1-2-17-33(29(38)31-18-22-11-5-3-6-12-22)34-21-26(36)35-25(34)20-32(19-24-15-9-10-16-30-24)28(37)27(35)23-13-7-4-8-14-23/h3-13,15-16,23,25,27H,2,14,17-21H2,1H3,(H,31,38)/t23?,25?,27-/m0/s1. The van der Waals surface area contributed by atoms with Crippen molar-refractivity contribution in [2.24, 2.45) is 5.92 Å². The van der Waals surface area contributed by atoms with Gasteiger partial charge in [-0.15, -0.1) is 0 Å². The number of amides is 4. The van der Waals surface area contributed by atoms with E-state index < -0.39 is 12.2 Å². The Labute approximate surface area is 223 Å². The first kappa shape index (κ1) is 25.7. The Morgan fingerprint density at radius 3 is 2.63 bits per heavy atom. The lowest BCUT2D eigenvalue weighted by Gasteiger charge is -2.48. The molecule has 3 aliphatic rings. The maximum Gasteiger partial charge on any atom is 0.332 e. The maximum absolute atomic E-state index is 13.8. The number of rotatable bonds is 8. The number of fused-ring (bicyclic) bond motifs is 1. The predicted octanol–water partition coefficient (Wildman–Crippen LogP) is 2.93. The highest BCUT2D eigenvalue weighted by molar-refractivity contribution is 5.92. The molecule has 0 spiro atoms. The Hall–Kier alpha value is -3.98. The van der Waals surface area contributed by atoms with Gasteiger partial charge in [-0.25, -0.2) is 4.79 Å². The first-order valence-corrected chi connectivity index (χ1v) is 13.3. The van der Waals surface area contributed by atoms with E-state index >= 15 is 0 Å². The zero-order valence-electron chi connectivity index (χ0n) is 21.6. The Morgan fingerprint density at radius 1 is 1.11 bits per heavy atom. The van der Waals surface area contributed by atoms with Crippen LogP contribution in [0.25, 0.3) is 0 Å². The van der Waals surface area contributed by atoms with Crippen molar-refractivity contribution in [2.75, 3.05) is 19.6 Å². The summed E-state index contributed by atoms with van der Waals surface area (Å²) in [5.74, 6) is -0.342. The predicted molar refractivity (Wildman–Crippen MR) is 143 cm³/mol. The topological polar surface area (TPSA) is 89.1 Å². The number of piperazine rings is 1. The third-order valence-electron chi connectivity index (χ3n) is 7.26. The van der Waals surface area contributed by atoms with E-state index in [0.717, 1.165) is 17.7 Å². The molecule has 4 amide bonds. The van der Waals surface area contributed by atoms with Gasteiger partial charge in [0.15, 0.2) is 0 Å². The lowest BCUT2D eigenvalue weighted by Crippen LogP contribution is -2.67. The van der Waals surface area contributed by atoms with Crippen LogP contribution < -0.4 is 5.32 Å². The number of nitrogens with one attached hydrogen (secondary N) is 1. The van der Waals surface area contributed by atoms with Gasteiger partial charge in [0.05, 0.1) is 25.3 Å². The number of carbonyl (C=O) groups excluding carboxylic acids is 3. The van der Waals surface area contributed by atoms with Crippen molar-refractivity contribution in [1.29, 1.82) is 0 Å². The maximum atomic E-state index is 13.8. The molecular formula is C29H34N6O3. The minimum atomic E-state index is -0.632. The molecule has 2 saturated heterocycles. The fraction of sp³-hybridized carbons (Fsp3) is 0.379. The molecule has 1 aromatic carbocycles. The van der Waals surface area contributed by atoms with Gasteiger partial charge >= 0.3 is 6.03 Å². The summed E-state index contributed by atoms with van der Waals surface area (Å²) in [5, 5.41) is 6.50. The molecule has 1 aromatic heterocycles. The number of allylic oxidation sites excluding steroid dienone is 3. The van der Waals surface area contributed by atoms with Crippen molar-refractivity contribution in [2.45, 2.75) is 45.1 Å². The highest BCUT2D eigenvalue weighted by Gasteiger charge is 2.53. The summed E-state index contributed by atoms with van der Waals surface area (Å²) in [4.78, 5) is 48.7. The van der Waals surface area contributed by atoms with E-state index in [-0.39, 0.29) is 30.3 Å². The van der Waals surface area contributed by atoms with E-state index in [1.54, 1.807) is 21.0 Å². The Balaban J connectivity index is 1.42. The van der Waals surface area contributed by atoms with Gasteiger partial charge in [0.1, 0.15) is 12.2 Å². The molecule has 1 aliphatic carbocycles. The van der Waals surface area contributed by atoms with Crippen LogP contribution >= 0.6 is 0 Å². The van der Waals surface area contributed by atoms with E-state index in [0.29, 0.717) is 32.6 Å². The lowest BCUT2D eigenvalue weighted by atomic mass is 9.89. The molecule has 0 bridgehead atoms. The van der Waals surface area contributed by atoms with Crippen LogP contribution in [-0.4, -0.2) is 74.5 Å². The SMILES string of the molecule is CCCN(C(=O)NCc1ccccc1)N1CC(=O)N2C1CN(Cc1ccccn1)C(=O)[C@@H]2C1C=CC=CC1. The van der Waals surface area contributed by atoms with Crippen molar-refractivity contribution in [3.8, 4) is 0 Å². The molecule has 2 fully saturated rings. The average molecular weight is 515 g/mol. The average Bonchev–Trinajstić information content (AvgIpc) is 3.27. The van der Waals surface area contributed by atoms with Crippen LogP contribution in [0.1, 0.15) is 31.0 Å². The molecule has 2 aromatic rings. The normalized spacial score (nSPS) is 23.0. The van der Waals surface area contributed by atoms with E-state index in [2.05, 4.69) is 10.3 Å². The highest BCUT2D eigenvalue weighted by Crippen LogP contribution is 2.34. The number of hydrazine groups is 1. The van der Waals surface area contributed by atoms with Crippen molar-refractivity contribution in [3.05, 3.63) is 90.3 Å². The van der Waals surface area contributed by atoms with Gasteiger partial charge < -0.3 is 15.1 Å². The molecule has 198 valence electrons. The van der Waals surface area contributed by atoms with Gasteiger partial charge in [-0.05, 0) is 30.5 Å². The number of hydrogen-bond donors (Lipinski definition) is 1. The second-order valence-corrected chi connectivity index (χ2v) is 9.84. The summed E-state index contributed by atoms with van der Waals surface area (Å²) in [7, 11) is 0. The van der Waals surface area contributed by atoms with Crippen LogP contribution in [0.15, 0.2) is 79.0 Å².